The predicted molar refractivity (Wildman–Crippen MR) is 111 cm³/mol. The van der Waals surface area contributed by atoms with Crippen LogP contribution >= 0.6 is 0 Å². The second-order valence-corrected chi connectivity index (χ2v) is 8.32. The second-order valence-electron chi connectivity index (χ2n) is 8.32. The highest BCUT2D eigenvalue weighted by Gasteiger charge is 2.59. The quantitative estimate of drug-likeness (QED) is 0.601. The zero-order valence-electron chi connectivity index (χ0n) is 17.4. The van der Waals surface area contributed by atoms with Gasteiger partial charge in [-0.3, -0.25) is 9.59 Å². The van der Waals surface area contributed by atoms with Gasteiger partial charge in [-0.1, -0.05) is 19.1 Å². The number of amides is 2. The summed E-state index contributed by atoms with van der Waals surface area (Å²) in [6.07, 6.45) is 3.44. The minimum Gasteiger partial charge on any atom is -0.395 e. The number of aromatic nitrogens is 2. The standard InChI is InChI=1S/C22H30N4O4/c1-2-22(21(30)23-10-12-27)13-15-7-8-18(22)26(15)20(29)9-11-25-17-6-4-3-5-16(17)24-19(25)14-28/h3-6,15,18,27-28H,2,7-14H2,1H3,(H,23,30)/t15-,18+,22+/m1/s1. The van der Waals surface area contributed by atoms with Gasteiger partial charge in [0.15, 0.2) is 0 Å². The topological polar surface area (TPSA) is 108 Å². The minimum absolute atomic E-state index is 0.0489. The molecule has 8 heteroatoms. The average Bonchev–Trinajstić information content (AvgIpc) is 3.45. The third kappa shape index (κ3) is 3.28. The van der Waals surface area contributed by atoms with Gasteiger partial charge in [-0.15, -0.1) is 0 Å². The molecule has 2 amide bonds. The molecule has 1 aromatic carbocycles. The van der Waals surface area contributed by atoms with Gasteiger partial charge >= 0.3 is 0 Å². The number of carbonyl (C=O) groups is 2. The Hall–Kier alpha value is -2.45. The van der Waals surface area contributed by atoms with E-state index in [1.807, 2.05) is 40.7 Å². The maximum absolute atomic E-state index is 13.2. The third-order valence-electron chi connectivity index (χ3n) is 6.93. The van der Waals surface area contributed by atoms with E-state index >= 15 is 0 Å². The van der Waals surface area contributed by atoms with Gasteiger partial charge in [0.2, 0.25) is 11.8 Å². The first-order chi connectivity index (χ1) is 14.6. The molecule has 2 fully saturated rings. The van der Waals surface area contributed by atoms with E-state index in [4.69, 9.17) is 5.11 Å². The van der Waals surface area contributed by atoms with Crippen LogP contribution in [-0.4, -0.2) is 61.7 Å². The number of aliphatic hydroxyl groups excluding tert-OH is 2. The van der Waals surface area contributed by atoms with Crippen LogP contribution in [-0.2, 0) is 22.7 Å². The molecule has 0 radical (unpaired) electrons. The van der Waals surface area contributed by atoms with Gasteiger partial charge in [0.25, 0.3) is 0 Å². The molecule has 162 valence electrons. The monoisotopic (exact) mass is 414 g/mol. The maximum Gasteiger partial charge on any atom is 0.228 e. The van der Waals surface area contributed by atoms with Gasteiger partial charge in [0.05, 0.1) is 23.1 Å². The Morgan fingerprint density at radius 1 is 1.27 bits per heavy atom. The number of aryl methyl sites for hydroxylation is 1. The molecule has 1 aromatic heterocycles. The Bertz CT molecular complexity index is 942. The van der Waals surface area contributed by atoms with Crippen molar-refractivity contribution >= 4 is 22.8 Å². The Kier molecular flexibility index (Phi) is 5.79. The maximum atomic E-state index is 13.2. The molecular formula is C22H30N4O4. The van der Waals surface area contributed by atoms with E-state index in [2.05, 4.69) is 10.3 Å². The summed E-state index contributed by atoms with van der Waals surface area (Å²) in [5.41, 5.74) is 1.15. The lowest BCUT2D eigenvalue weighted by molar-refractivity contribution is -0.137. The SMILES string of the molecule is CC[C@]1(C(=O)NCCO)C[C@H]2CC[C@@H]1N2C(=O)CCn1c(CO)nc2ccccc21. The fraction of sp³-hybridized carbons (Fsp3) is 0.591. The molecule has 2 aliphatic rings. The summed E-state index contributed by atoms with van der Waals surface area (Å²) in [6, 6.07) is 7.67. The number of carbonyl (C=O) groups excluding carboxylic acids is 2. The van der Waals surface area contributed by atoms with Crippen LogP contribution in [0.25, 0.3) is 11.0 Å². The molecule has 2 bridgehead atoms. The smallest absolute Gasteiger partial charge is 0.228 e. The van der Waals surface area contributed by atoms with E-state index < -0.39 is 5.41 Å². The van der Waals surface area contributed by atoms with Gasteiger partial charge in [-0.25, -0.2) is 4.98 Å². The van der Waals surface area contributed by atoms with Crippen molar-refractivity contribution < 1.29 is 19.8 Å². The number of fused-ring (bicyclic) bond motifs is 3. The van der Waals surface area contributed by atoms with Crippen LogP contribution < -0.4 is 5.32 Å². The average molecular weight is 415 g/mol. The van der Waals surface area contributed by atoms with Crippen LogP contribution in [0.4, 0.5) is 0 Å². The number of para-hydroxylation sites is 2. The summed E-state index contributed by atoms with van der Waals surface area (Å²) in [4.78, 5) is 32.5. The molecule has 2 aliphatic heterocycles. The fourth-order valence-electron chi connectivity index (χ4n) is 5.52. The normalized spacial score (nSPS) is 25.2. The summed E-state index contributed by atoms with van der Waals surface area (Å²) >= 11 is 0. The van der Waals surface area contributed by atoms with Crippen molar-refractivity contribution in [3.8, 4) is 0 Å². The van der Waals surface area contributed by atoms with E-state index in [0.717, 1.165) is 23.9 Å². The Labute approximate surface area is 175 Å². The van der Waals surface area contributed by atoms with Gasteiger partial charge in [-0.05, 0) is 37.8 Å². The second kappa shape index (κ2) is 8.35. The molecule has 0 saturated carbocycles. The van der Waals surface area contributed by atoms with Crippen molar-refractivity contribution in [3.05, 3.63) is 30.1 Å². The largest absolute Gasteiger partial charge is 0.395 e. The number of rotatable bonds is 8. The van der Waals surface area contributed by atoms with Crippen molar-refractivity contribution in [2.24, 2.45) is 5.41 Å². The molecule has 30 heavy (non-hydrogen) atoms. The molecule has 0 aliphatic carbocycles. The van der Waals surface area contributed by atoms with Crippen LogP contribution in [0.2, 0.25) is 0 Å². The number of imidazole rings is 1. The lowest BCUT2D eigenvalue weighted by Crippen LogP contribution is -2.50. The lowest BCUT2D eigenvalue weighted by Gasteiger charge is -2.35. The Morgan fingerprint density at radius 2 is 2.07 bits per heavy atom. The molecule has 4 rings (SSSR count). The van der Waals surface area contributed by atoms with Crippen LogP contribution in [0.5, 0.6) is 0 Å². The van der Waals surface area contributed by atoms with E-state index in [-0.39, 0.29) is 43.7 Å². The Morgan fingerprint density at radius 3 is 2.80 bits per heavy atom. The van der Waals surface area contributed by atoms with E-state index in [1.54, 1.807) is 0 Å². The molecular weight excluding hydrogens is 384 g/mol. The first-order valence-electron chi connectivity index (χ1n) is 10.8. The summed E-state index contributed by atoms with van der Waals surface area (Å²) in [6.45, 7) is 2.42. The fourth-order valence-corrected chi connectivity index (χ4v) is 5.52. The first-order valence-corrected chi connectivity index (χ1v) is 10.8. The molecule has 3 N–H and O–H groups in total. The molecule has 2 aromatic rings. The molecule has 8 nitrogen and oxygen atoms in total. The summed E-state index contributed by atoms with van der Waals surface area (Å²) in [5, 5.41) is 21.6. The summed E-state index contributed by atoms with van der Waals surface area (Å²) < 4.78 is 1.91. The molecule has 0 unspecified atom stereocenters. The third-order valence-corrected chi connectivity index (χ3v) is 6.93. The van der Waals surface area contributed by atoms with Crippen LogP contribution in [0.15, 0.2) is 24.3 Å². The van der Waals surface area contributed by atoms with Crippen LogP contribution in [0, 0.1) is 5.41 Å². The number of hydrogen-bond acceptors (Lipinski definition) is 5. The number of nitrogens with one attached hydrogen (secondary N) is 1. The number of aliphatic hydroxyl groups is 2. The predicted octanol–water partition coefficient (Wildman–Crippen LogP) is 1.19. The number of hydrogen-bond donors (Lipinski definition) is 3. The van der Waals surface area contributed by atoms with Crippen LogP contribution in [0.3, 0.4) is 0 Å². The zero-order valence-corrected chi connectivity index (χ0v) is 17.4. The van der Waals surface area contributed by atoms with Crippen molar-refractivity contribution in [2.45, 2.75) is 64.3 Å². The highest BCUT2D eigenvalue weighted by molar-refractivity contribution is 5.87. The van der Waals surface area contributed by atoms with Crippen molar-refractivity contribution in [3.63, 3.8) is 0 Å². The van der Waals surface area contributed by atoms with Gasteiger partial charge < -0.3 is 25.0 Å². The van der Waals surface area contributed by atoms with Crippen molar-refractivity contribution in [1.29, 1.82) is 0 Å². The molecule has 0 spiro atoms. The molecule has 2 saturated heterocycles. The van der Waals surface area contributed by atoms with Crippen molar-refractivity contribution in [1.82, 2.24) is 19.8 Å². The number of nitrogens with zero attached hydrogens (tertiary/aromatic N) is 3. The summed E-state index contributed by atoms with van der Waals surface area (Å²) in [5.74, 6) is 0.557. The first kappa shape index (κ1) is 20.8. The van der Waals surface area contributed by atoms with E-state index in [9.17, 15) is 14.7 Å². The highest BCUT2D eigenvalue weighted by atomic mass is 16.3. The van der Waals surface area contributed by atoms with Crippen LogP contribution in [0.1, 0.15) is 44.9 Å². The minimum atomic E-state index is -0.564. The number of benzene rings is 1. The molecule has 3 atom stereocenters. The Balaban J connectivity index is 1.50. The van der Waals surface area contributed by atoms with Gasteiger partial charge in [0, 0.05) is 31.6 Å². The zero-order chi connectivity index (χ0) is 21.3. The van der Waals surface area contributed by atoms with E-state index in [0.29, 0.717) is 31.6 Å². The van der Waals surface area contributed by atoms with E-state index in [1.165, 1.54) is 0 Å². The highest BCUT2D eigenvalue weighted by Crippen LogP contribution is 2.52. The van der Waals surface area contributed by atoms with Gasteiger partial charge in [-0.2, -0.15) is 0 Å². The lowest BCUT2D eigenvalue weighted by atomic mass is 9.71. The van der Waals surface area contributed by atoms with Gasteiger partial charge in [0.1, 0.15) is 12.4 Å². The van der Waals surface area contributed by atoms with Crippen molar-refractivity contribution in [2.75, 3.05) is 13.2 Å². The molecule has 3 heterocycles. The summed E-state index contributed by atoms with van der Waals surface area (Å²) in [7, 11) is 0.